The Morgan fingerprint density at radius 3 is 2.42 bits per heavy atom. The number of nitrogens with zero attached hydrogens (tertiary/aromatic N) is 2. The van der Waals surface area contributed by atoms with Crippen molar-refractivity contribution in [1.82, 2.24) is 9.88 Å². The van der Waals surface area contributed by atoms with Gasteiger partial charge < -0.3 is 4.90 Å². The molecule has 0 aliphatic rings. The molecule has 1 N–H and O–H groups in total. The molecule has 0 fully saturated rings. The van der Waals surface area contributed by atoms with Crippen molar-refractivity contribution in [3.05, 3.63) is 83.1 Å². The summed E-state index contributed by atoms with van der Waals surface area (Å²) in [6.07, 6.45) is 1.63. The van der Waals surface area contributed by atoms with Gasteiger partial charge in [0, 0.05) is 18.6 Å². The van der Waals surface area contributed by atoms with Gasteiger partial charge in [0.15, 0.2) is 5.13 Å². The van der Waals surface area contributed by atoms with Gasteiger partial charge in [-0.15, -0.1) is 11.3 Å². The van der Waals surface area contributed by atoms with Gasteiger partial charge >= 0.3 is 6.03 Å². The van der Waals surface area contributed by atoms with Crippen LogP contribution in [0.4, 0.5) is 14.3 Å². The number of thiazole rings is 1. The standard InChI is InChI=1S/C18H16FN3OS/c1-22(18(23)21-17-20-11-12-24-17)16(13-5-3-2-4-6-13)14-7-9-15(19)10-8-14/h2-12,16H,1H3,(H,20,21,23). The summed E-state index contributed by atoms with van der Waals surface area (Å²) in [5.74, 6) is -0.305. The first-order chi connectivity index (χ1) is 11.6. The van der Waals surface area contributed by atoms with E-state index in [1.807, 2.05) is 30.3 Å². The van der Waals surface area contributed by atoms with E-state index in [-0.39, 0.29) is 17.9 Å². The van der Waals surface area contributed by atoms with Crippen molar-refractivity contribution in [3.63, 3.8) is 0 Å². The van der Waals surface area contributed by atoms with E-state index in [1.165, 1.54) is 23.5 Å². The van der Waals surface area contributed by atoms with Gasteiger partial charge in [-0.1, -0.05) is 42.5 Å². The lowest BCUT2D eigenvalue weighted by atomic mass is 9.97. The van der Waals surface area contributed by atoms with E-state index < -0.39 is 0 Å². The fourth-order valence-electron chi connectivity index (χ4n) is 2.50. The molecule has 2 amide bonds. The van der Waals surface area contributed by atoms with Crippen molar-refractivity contribution in [2.24, 2.45) is 0 Å². The molecule has 1 unspecified atom stereocenters. The number of hydrogen-bond acceptors (Lipinski definition) is 3. The number of aromatic nitrogens is 1. The van der Waals surface area contributed by atoms with Gasteiger partial charge in [-0.25, -0.2) is 14.2 Å². The number of rotatable bonds is 4. The summed E-state index contributed by atoms with van der Waals surface area (Å²) >= 11 is 1.35. The molecule has 122 valence electrons. The van der Waals surface area contributed by atoms with Gasteiger partial charge in [-0.3, -0.25) is 5.32 Å². The first kappa shape index (κ1) is 16.1. The summed E-state index contributed by atoms with van der Waals surface area (Å²) in [4.78, 5) is 18.2. The highest BCUT2D eigenvalue weighted by molar-refractivity contribution is 7.13. The molecule has 0 saturated heterocycles. The topological polar surface area (TPSA) is 45.2 Å². The molecule has 0 aliphatic carbocycles. The van der Waals surface area contributed by atoms with Crippen molar-refractivity contribution in [2.45, 2.75) is 6.04 Å². The van der Waals surface area contributed by atoms with Gasteiger partial charge in [-0.2, -0.15) is 0 Å². The van der Waals surface area contributed by atoms with Gasteiger partial charge in [-0.05, 0) is 23.3 Å². The van der Waals surface area contributed by atoms with Crippen molar-refractivity contribution in [3.8, 4) is 0 Å². The molecule has 3 rings (SSSR count). The van der Waals surface area contributed by atoms with Crippen LogP contribution < -0.4 is 5.32 Å². The number of carbonyl (C=O) groups is 1. The van der Waals surface area contributed by atoms with Crippen LogP contribution in [-0.2, 0) is 0 Å². The Morgan fingerprint density at radius 2 is 1.79 bits per heavy atom. The maximum atomic E-state index is 13.3. The van der Waals surface area contributed by atoms with Crippen molar-refractivity contribution < 1.29 is 9.18 Å². The third-order valence-electron chi connectivity index (χ3n) is 3.65. The smallest absolute Gasteiger partial charge is 0.316 e. The summed E-state index contributed by atoms with van der Waals surface area (Å²) in [5, 5.41) is 5.11. The zero-order valence-electron chi connectivity index (χ0n) is 13.0. The molecule has 6 heteroatoms. The van der Waals surface area contributed by atoms with Gasteiger partial charge in [0.2, 0.25) is 0 Å². The van der Waals surface area contributed by atoms with Gasteiger partial charge in [0.1, 0.15) is 5.82 Å². The second-order valence-electron chi connectivity index (χ2n) is 5.24. The number of halogens is 1. The van der Waals surface area contributed by atoms with Crippen LogP contribution in [0.5, 0.6) is 0 Å². The van der Waals surface area contributed by atoms with Gasteiger partial charge in [0.05, 0.1) is 6.04 Å². The molecule has 2 aromatic carbocycles. The minimum absolute atomic E-state index is 0.275. The molecule has 4 nitrogen and oxygen atoms in total. The lowest BCUT2D eigenvalue weighted by Gasteiger charge is -2.29. The molecule has 0 radical (unpaired) electrons. The van der Waals surface area contributed by atoms with Crippen LogP contribution in [0.25, 0.3) is 0 Å². The summed E-state index contributed by atoms with van der Waals surface area (Å²) in [5.41, 5.74) is 1.78. The zero-order valence-corrected chi connectivity index (χ0v) is 13.8. The predicted molar refractivity (Wildman–Crippen MR) is 93.6 cm³/mol. The molecule has 1 heterocycles. The number of benzene rings is 2. The lowest BCUT2D eigenvalue weighted by Crippen LogP contribution is -2.35. The highest BCUT2D eigenvalue weighted by Crippen LogP contribution is 2.28. The van der Waals surface area contributed by atoms with Crippen LogP contribution in [0.15, 0.2) is 66.2 Å². The zero-order chi connectivity index (χ0) is 16.9. The molecule has 0 spiro atoms. The lowest BCUT2D eigenvalue weighted by molar-refractivity contribution is 0.212. The number of urea groups is 1. The first-order valence-corrected chi connectivity index (χ1v) is 8.27. The molecule has 0 aliphatic heterocycles. The van der Waals surface area contributed by atoms with E-state index in [4.69, 9.17) is 0 Å². The molecule has 0 saturated carbocycles. The van der Waals surface area contributed by atoms with Crippen molar-refractivity contribution in [2.75, 3.05) is 12.4 Å². The maximum absolute atomic E-state index is 13.3. The quantitative estimate of drug-likeness (QED) is 0.757. The second kappa shape index (κ2) is 7.23. The van der Waals surface area contributed by atoms with Crippen LogP contribution >= 0.6 is 11.3 Å². The van der Waals surface area contributed by atoms with E-state index in [1.54, 1.807) is 35.7 Å². The summed E-state index contributed by atoms with van der Waals surface area (Å²) in [6.45, 7) is 0. The average Bonchev–Trinajstić information content (AvgIpc) is 3.10. The van der Waals surface area contributed by atoms with Crippen molar-refractivity contribution in [1.29, 1.82) is 0 Å². The molecule has 3 aromatic rings. The maximum Gasteiger partial charge on any atom is 0.324 e. The predicted octanol–water partition coefficient (Wildman–Crippen LogP) is 4.54. The fourth-order valence-corrected chi connectivity index (χ4v) is 3.02. The highest BCUT2D eigenvalue weighted by atomic mass is 32.1. The Labute approximate surface area is 143 Å². The fraction of sp³-hybridized carbons (Fsp3) is 0.111. The Balaban J connectivity index is 1.91. The number of hydrogen-bond donors (Lipinski definition) is 1. The van der Waals surface area contributed by atoms with Crippen LogP contribution in [0, 0.1) is 5.82 Å². The number of amides is 2. The molecule has 24 heavy (non-hydrogen) atoms. The average molecular weight is 341 g/mol. The van der Waals surface area contributed by atoms with Crippen LogP contribution in [0.2, 0.25) is 0 Å². The largest absolute Gasteiger partial charge is 0.324 e. The Morgan fingerprint density at radius 1 is 1.12 bits per heavy atom. The molecular weight excluding hydrogens is 325 g/mol. The second-order valence-corrected chi connectivity index (χ2v) is 6.14. The van der Waals surface area contributed by atoms with Crippen LogP contribution in [0.1, 0.15) is 17.2 Å². The minimum atomic E-state index is -0.327. The molecule has 1 aromatic heterocycles. The summed E-state index contributed by atoms with van der Waals surface area (Å²) in [6, 6.07) is 15.2. The number of carbonyl (C=O) groups excluding carboxylic acids is 1. The summed E-state index contributed by atoms with van der Waals surface area (Å²) in [7, 11) is 1.71. The third kappa shape index (κ3) is 3.60. The Bertz CT molecular complexity index is 791. The van der Waals surface area contributed by atoms with E-state index >= 15 is 0 Å². The number of nitrogens with one attached hydrogen (secondary N) is 1. The third-order valence-corrected chi connectivity index (χ3v) is 4.34. The Hall–Kier alpha value is -2.73. The normalized spacial score (nSPS) is 11.8. The summed E-state index contributed by atoms with van der Waals surface area (Å²) < 4.78 is 13.3. The first-order valence-electron chi connectivity index (χ1n) is 7.39. The number of anilines is 1. The highest BCUT2D eigenvalue weighted by Gasteiger charge is 2.24. The molecule has 1 atom stereocenters. The monoisotopic (exact) mass is 341 g/mol. The van der Waals surface area contributed by atoms with Crippen LogP contribution in [0.3, 0.4) is 0 Å². The molecular formula is C18H16FN3OS. The van der Waals surface area contributed by atoms with Crippen LogP contribution in [-0.4, -0.2) is 23.0 Å². The van der Waals surface area contributed by atoms with Crippen molar-refractivity contribution >= 4 is 22.5 Å². The van der Waals surface area contributed by atoms with E-state index in [0.717, 1.165) is 11.1 Å². The Kier molecular flexibility index (Phi) is 4.86. The molecule has 0 bridgehead atoms. The van der Waals surface area contributed by atoms with E-state index in [0.29, 0.717) is 5.13 Å². The van der Waals surface area contributed by atoms with Gasteiger partial charge in [0.25, 0.3) is 0 Å². The minimum Gasteiger partial charge on any atom is -0.316 e. The van der Waals surface area contributed by atoms with E-state index in [9.17, 15) is 9.18 Å². The SMILES string of the molecule is CN(C(=O)Nc1nccs1)C(c1ccccc1)c1ccc(F)cc1. The van der Waals surface area contributed by atoms with E-state index in [2.05, 4.69) is 10.3 Å².